The van der Waals surface area contributed by atoms with Crippen molar-refractivity contribution in [1.82, 2.24) is 0 Å². The van der Waals surface area contributed by atoms with Crippen LogP contribution in [0.3, 0.4) is 0 Å². The van der Waals surface area contributed by atoms with Crippen molar-refractivity contribution in [3.8, 4) is 0 Å². The van der Waals surface area contributed by atoms with E-state index in [-0.39, 0.29) is 31.1 Å². The number of carbonyl (C=O) groups excluding carboxylic acids is 3. The van der Waals surface area contributed by atoms with Gasteiger partial charge in [0.15, 0.2) is 6.10 Å². The van der Waals surface area contributed by atoms with Gasteiger partial charge < -0.3 is 14.2 Å². The van der Waals surface area contributed by atoms with Crippen molar-refractivity contribution in [1.29, 1.82) is 0 Å². The molecule has 0 fully saturated rings. The van der Waals surface area contributed by atoms with Crippen LogP contribution in [0, 0.1) is 0 Å². The second kappa shape index (κ2) is 53.7. The Morgan fingerprint density at radius 2 is 0.606 bits per heavy atom. The van der Waals surface area contributed by atoms with Crippen LogP contribution in [0.2, 0.25) is 0 Å². The Kier molecular flexibility index (Phi) is 50.5. The van der Waals surface area contributed by atoms with Crippen molar-refractivity contribution < 1.29 is 28.6 Å². The van der Waals surface area contributed by atoms with Crippen LogP contribution in [0.5, 0.6) is 0 Å². The normalized spacial score (nSPS) is 13.0. The number of esters is 3. The third-order valence-electron chi connectivity index (χ3n) is 11.0. The molecule has 0 aromatic heterocycles. The molecule has 0 heterocycles. The summed E-state index contributed by atoms with van der Waals surface area (Å²) in [5.41, 5.74) is 0. The molecule has 6 nitrogen and oxygen atoms in total. The lowest BCUT2D eigenvalue weighted by molar-refractivity contribution is -0.167. The fourth-order valence-electron chi connectivity index (χ4n) is 6.93. The van der Waals surface area contributed by atoms with Gasteiger partial charge in [-0.2, -0.15) is 0 Å². The maximum atomic E-state index is 12.8. The Hall–Kier alpha value is -3.93. The lowest BCUT2D eigenvalue weighted by atomic mass is 10.1. The van der Waals surface area contributed by atoms with E-state index in [0.717, 1.165) is 128 Å². The number of allylic oxidation sites excluding steroid dienone is 18. The molecule has 0 aliphatic heterocycles. The summed E-state index contributed by atoms with van der Waals surface area (Å²) >= 11 is 0. The molecule has 0 spiro atoms. The zero-order valence-electron chi connectivity index (χ0n) is 42.7. The highest BCUT2D eigenvalue weighted by Gasteiger charge is 2.19. The molecule has 0 radical (unpaired) electrons. The van der Waals surface area contributed by atoms with Crippen LogP contribution < -0.4 is 0 Å². The molecular formula is C60H98O6. The highest BCUT2D eigenvalue weighted by Crippen LogP contribution is 2.13. The van der Waals surface area contributed by atoms with Crippen LogP contribution in [-0.4, -0.2) is 37.2 Å². The van der Waals surface area contributed by atoms with E-state index in [4.69, 9.17) is 14.2 Å². The summed E-state index contributed by atoms with van der Waals surface area (Å²) in [6.45, 7) is 6.40. The first-order valence-electron chi connectivity index (χ1n) is 26.9. The first-order chi connectivity index (χ1) is 32.5. The first kappa shape index (κ1) is 62.1. The van der Waals surface area contributed by atoms with E-state index >= 15 is 0 Å². The number of rotatable bonds is 47. The van der Waals surface area contributed by atoms with Gasteiger partial charge in [-0.3, -0.25) is 14.4 Å². The van der Waals surface area contributed by atoms with Crippen molar-refractivity contribution in [2.45, 2.75) is 239 Å². The number of hydrogen-bond acceptors (Lipinski definition) is 6. The quantitative estimate of drug-likeness (QED) is 0.0262. The third kappa shape index (κ3) is 51.1. The fraction of sp³-hybridized carbons (Fsp3) is 0.650. The fourth-order valence-corrected chi connectivity index (χ4v) is 6.93. The minimum atomic E-state index is -0.808. The Bertz CT molecular complexity index is 1370. The van der Waals surface area contributed by atoms with Crippen LogP contribution in [0.4, 0.5) is 0 Å². The molecule has 0 aliphatic carbocycles. The van der Waals surface area contributed by atoms with Gasteiger partial charge in [-0.25, -0.2) is 0 Å². The van der Waals surface area contributed by atoms with Gasteiger partial charge in [0.05, 0.1) is 0 Å². The highest BCUT2D eigenvalue weighted by molar-refractivity contribution is 5.71. The molecular weight excluding hydrogens is 817 g/mol. The zero-order chi connectivity index (χ0) is 47.9. The van der Waals surface area contributed by atoms with Crippen molar-refractivity contribution in [3.05, 3.63) is 109 Å². The molecule has 1 unspecified atom stereocenters. The maximum Gasteiger partial charge on any atom is 0.306 e. The zero-order valence-corrected chi connectivity index (χ0v) is 42.7. The lowest BCUT2D eigenvalue weighted by Gasteiger charge is -2.18. The SMILES string of the molecule is CC/C=C\C/C=C\C/C=C\C/C=C\C/C=C\C/C=C\CCCCC(=O)OCC(COC(=O)CCCCCCC/C=C\CCCC)OC(=O)CCCCCCC/C=C\C/C=C\CCCCCC. The molecule has 0 saturated carbocycles. The van der Waals surface area contributed by atoms with Crippen LogP contribution in [0.25, 0.3) is 0 Å². The van der Waals surface area contributed by atoms with E-state index in [1.54, 1.807) is 0 Å². The van der Waals surface area contributed by atoms with E-state index in [1.807, 2.05) is 0 Å². The largest absolute Gasteiger partial charge is 0.462 e. The monoisotopic (exact) mass is 915 g/mol. The topological polar surface area (TPSA) is 78.9 Å². The van der Waals surface area contributed by atoms with E-state index in [1.165, 1.54) is 57.8 Å². The average molecular weight is 915 g/mol. The van der Waals surface area contributed by atoms with E-state index in [0.29, 0.717) is 25.7 Å². The predicted molar refractivity (Wildman–Crippen MR) is 283 cm³/mol. The summed E-state index contributed by atoms with van der Waals surface area (Å²) < 4.78 is 16.8. The summed E-state index contributed by atoms with van der Waals surface area (Å²) in [6, 6.07) is 0. The van der Waals surface area contributed by atoms with Gasteiger partial charge in [-0.05, 0) is 122 Å². The molecule has 0 N–H and O–H groups in total. The summed E-state index contributed by atoms with van der Waals surface area (Å²) in [4.78, 5) is 38.0. The molecule has 0 aromatic rings. The molecule has 0 saturated heterocycles. The molecule has 0 bridgehead atoms. The second-order valence-electron chi connectivity index (χ2n) is 17.4. The van der Waals surface area contributed by atoms with Gasteiger partial charge in [0.2, 0.25) is 0 Å². The smallest absolute Gasteiger partial charge is 0.306 e. The van der Waals surface area contributed by atoms with Gasteiger partial charge in [-0.1, -0.05) is 201 Å². The first-order valence-corrected chi connectivity index (χ1v) is 26.9. The van der Waals surface area contributed by atoms with Gasteiger partial charge in [0.1, 0.15) is 13.2 Å². The molecule has 0 amide bonds. The van der Waals surface area contributed by atoms with Gasteiger partial charge >= 0.3 is 17.9 Å². The Labute approximate surface area is 406 Å². The summed E-state index contributed by atoms with van der Waals surface area (Å²) in [5, 5.41) is 0. The molecule has 1 atom stereocenters. The molecule has 0 aromatic carbocycles. The van der Waals surface area contributed by atoms with Crippen molar-refractivity contribution in [2.24, 2.45) is 0 Å². The number of ether oxygens (including phenoxy) is 3. The maximum absolute atomic E-state index is 12.8. The van der Waals surface area contributed by atoms with E-state index in [2.05, 4.69) is 130 Å². The standard InChI is InChI=1S/C60H98O6/c1-4-7-10-13-16-19-22-24-26-28-29-30-31-32-34-35-38-41-44-47-50-53-59(62)65-56-57(55-64-58(61)52-49-46-43-40-37-21-18-15-12-9-6-3)66-60(63)54-51-48-45-42-39-36-33-27-25-23-20-17-14-11-8-5-2/h7,10,15-16,18-20,23-24,26-27,29-30,32-34,38,41,57H,4-6,8-9,11-14,17,21-22,25,28,31,35-37,39-40,42-56H2,1-3H3/b10-7-,18-15-,19-16-,23-20-,26-24-,30-29-,33-27-,34-32-,41-38-. The predicted octanol–water partition coefficient (Wildman–Crippen LogP) is 17.9. The van der Waals surface area contributed by atoms with Crippen LogP contribution >= 0.6 is 0 Å². The number of carbonyl (C=O) groups is 3. The van der Waals surface area contributed by atoms with E-state index < -0.39 is 6.10 Å². The molecule has 66 heavy (non-hydrogen) atoms. The van der Waals surface area contributed by atoms with E-state index in [9.17, 15) is 14.4 Å². The lowest BCUT2D eigenvalue weighted by Crippen LogP contribution is -2.30. The second-order valence-corrected chi connectivity index (χ2v) is 17.4. The summed E-state index contributed by atoms with van der Waals surface area (Å²) in [6.07, 6.45) is 72.2. The number of unbranched alkanes of at least 4 members (excludes halogenated alkanes) is 18. The van der Waals surface area contributed by atoms with Gasteiger partial charge in [0.25, 0.3) is 0 Å². The Morgan fingerprint density at radius 3 is 1.02 bits per heavy atom. The summed E-state index contributed by atoms with van der Waals surface area (Å²) in [7, 11) is 0. The minimum absolute atomic E-state index is 0.104. The van der Waals surface area contributed by atoms with Crippen LogP contribution in [-0.2, 0) is 28.6 Å². The molecule has 6 heteroatoms. The molecule has 0 aliphatic rings. The average Bonchev–Trinajstić information content (AvgIpc) is 3.31. The van der Waals surface area contributed by atoms with Crippen molar-refractivity contribution >= 4 is 17.9 Å². The molecule has 0 rings (SSSR count). The van der Waals surface area contributed by atoms with Crippen LogP contribution in [0.15, 0.2) is 109 Å². The third-order valence-corrected chi connectivity index (χ3v) is 11.0. The van der Waals surface area contributed by atoms with Crippen molar-refractivity contribution in [2.75, 3.05) is 13.2 Å². The van der Waals surface area contributed by atoms with Gasteiger partial charge in [0, 0.05) is 19.3 Å². The number of hydrogen-bond donors (Lipinski definition) is 0. The van der Waals surface area contributed by atoms with Crippen molar-refractivity contribution in [3.63, 3.8) is 0 Å². The Balaban J connectivity index is 4.48. The van der Waals surface area contributed by atoms with Gasteiger partial charge in [-0.15, -0.1) is 0 Å². The molecule has 374 valence electrons. The minimum Gasteiger partial charge on any atom is -0.462 e. The highest BCUT2D eigenvalue weighted by atomic mass is 16.6. The Morgan fingerprint density at radius 1 is 0.318 bits per heavy atom. The summed E-state index contributed by atoms with van der Waals surface area (Å²) in [5.74, 6) is -0.976. The van der Waals surface area contributed by atoms with Crippen LogP contribution in [0.1, 0.15) is 233 Å².